The van der Waals surface area contributed by atoms with Gasteiger partial charge in [0.2, 0.25) is 0 Å². The van der Waals surface area contributed by atoms with Gasteiger partial charge in [-0.25, -0.2) is 4.79 Å². The fraction of sp³-hybridized carbons (Fsp3) is 0.958. The molecule has 0 aromatic carbocycles. The number of aliphatic carboxylic acids is 1. The van der Waals surface area contributed by atoms with Crippen LogP contribution in [0.4, 0.5) is 0 Å². The number of carbonyl (C=O) groups is 1. The molecule has 27 heavy (non-hydrogen) atoms. The summed E-state index contributed by atoms with van der Waals surface area (Å²) < 4.78 is 5.56. The molecule has 0 rings (SSSR count). The van der Waals surface area contributed by atoms with Crippen LogP contribution in [-0.4, -0.2) is 23.8 Å². The van der Waals surface area contributed by atoms with Crippen LogP contribution in [0.15, 0.2) is 0 Å². The first-order valence-electron chi connectivity index (χ1n) is 12.1. The van der Waals surface area contributed by atoms with E-state index in [2.05, 4.69) is 13.8 Å². The van der Waals surface area contributed by atoms with Crippen LogP contribution < -0.4 is 0 Å². The largest absolute Gasteiger partial charge is 0.479 e. The molecule has 162 valence electrons. The van der Waals surface area contributed by atoms with Gasteiger partial charge >= 0.3 is 5.97 Å². The number of carboxylic acids is 1. The normalized spacial score (nSPS) is 12.4. The summed E-state index contributed by atoms with van der Waals surface area (Å²) in [5.74, 6) is -0.791. The van der Waals surface area contributed by atoms with Gasteiger partial charge in [-0.3, -0.25) is 0 Å². The van der Waals surface area contributed by atoms with Crippen molar-refractivity contribution < 1.29 is 14.6 Å². The van der Waals surface area contributed by atoms with Gasteiger partial charge in [0, 0.05) is 6.61 Å². The Morgan fingerprint density at radius 2 is 1.00 bits per heavy atom. The van der Waals surface area contributed by atoms with Crippen LogP contribution in [0.5, 0.6) is 0 Å². The third-order valence-electron chi connectivity index (χ3n) is 5.41. The number of unbranched alkanes of at least 4 members (excludes halogenated alkanes) is 16. The fourth-order valence-corrected chi connectivity index (χ4v) is 3.56. The molecule has 0 aliphatic heterocycles. The SMILES string of the molecule is CCCCCCCCCCCCCCCCC(OCCCCCC)C(=O)O. The van der Waals surface area contributed by atoms with Crippen LogP contribution in [0.3, 0.4) is 0 Å². The van der Waals surface area contributed by atoms with Crippen LogP contribution in [0.2, 0.25) is 0 Å². The molecule has 0 aliphatic carbocycles. The van der Waals surface area contributed by atoms with Crippen molar-refractivity contribution >= 4 is 5.97 Å². The van der Waals surface area contributed by atoms with E-state index in [0.717, 1.165) is 25.7 Å². The van der Waals surface area contributed by atoms with Crippen molar-refractivity contribution in [1.29, 1.82) is 0 Å². The van der Waals surface area contributed by atoms with E-state index in [9.17, 15) is 9.90 Å². The second kappa shape index (κ2) is 21.7. The van der Waals surface area contributed by atoms with Crippen molar-refractivity contribution in [2.75, 3.05) is 6.61 Å². The van der Waals surface area contributed by atoms with Crippen molar-refractivity contribution in [3.8, 4) is 0 Å². The summed E-state index contributed by atoms with van der Waals surface area (Å²) >= 11 is 0. The van der Waals surface area contributed by atoms with Gasteiger partial charge in [0.25, 0.3) is 0 Å². The zero-order valence-electron chi connectivity index (χ0n) is 18.5. The van der Waals surface area contributed by atoms with Gasteiger partial charge < -0.3 is 9.84 Å². The summed E-state index contributed by atoms with van der Waals surface area (Å²) in [6.45, 7) is 5.04. The van der Waals surface area contributed by atoms with Crippen molar-refractivity contribution in [2.45, 2.75) is 142 Å². The van der Waals surface area contributed by atoms with Crippen LogP contribution in [0.1, 0.15) is 136 Å². The predicted octanol–water partition coefficient (Wildman–Crippen LogP) is 7.91. The van der Waals surface area contributed by atoms with Crippen molar-refractivity contribution in [2.24, 2.45) is 0 Å². The Bertz CT molecular complexity index is 304. The smallest absolute Gasteiger partial charge is 0.332 e. The zero-order chi connectivity index (χ0) is 20.0. The first kappa shape index (κ1) is 26.4. The molecule has 1 atom stereocenters. The second-order valence-electron chi connectivity index (χ2n) is 8.14. The van der Waals surface area contributed by atoms with E-state index in [0.29, 0.717) is 13.0 Å². The lowest BCUT2D eigenvalue weighted by Crippen LogP contribution is -2.24. The highest BCUT2D eigenvalue weighted by Gasteiger charge is 2.16. The van der Waals surface area contributed by atoms with Gasteiger partial charge in [-0.15, -0.1) is 0 Å². The molecule has 3 nitrogen and oxygen atoms in total. The van der Waals surface area contributed by atoms with E-state index in [1.807, 2.05) is 0 Å². The lowest BCUT2D eigenvalue weighted by atomic mass is 10.0. The van der Waals surface area contributed by atoms with Gasteiger partial charge in [-0.1, -0.05) is 123 Å². The summed E-state index contributed by atoms with van der Waals surface area (Å²) in [5, 5.41) is 9.25. The monoisotopic (exact) mass is 384 g/mol. The highest BCUT2D eigenvalue weighted by molar-refractivity contribution is 5.72. The molecule has 0 heterocycles. The van der Waals surface area contributed by atoms with Gasteiger partial charge in [0.05, 0.1) is 0 Å². The van der Waals surface area contributed by atoms with Gasteiger partial charge in [0.1, 0.15) is 0 Å². The fourth-order valence-electron chi connectivity index (χ4n) is 3.56. The highest BCUT2D eigenvalue weighted by atomic mass is 16.5. The highest BCUT2D eigenvalue weighted by Crippen LogP contribution is 2.14. The Labute approximate surface area is 169 Å². The number of hydrogen-bond acceptors (Lipinski definition) is 2. The van der Waals surface area contributed by atoms with Crippen molar-refractivity contribution in [3.63, 3.8) is 0 Å². The Balaban J connectivity index is 3.36. The molecule has 3 heteroatoms. The first-order chi connectivity index (χ1) is 13.2. The minimum absolute atomic E-state index is 0.593. The van der Waals surface area contributed by atoms with Crippen LogP contribution in [0, 0.1) is 0 Å². The topological polar surface area (TPSA) is 46.5 Å². The molecule has 0 fully saturated rings. The lowest BCUT2D eigenvalue weighted by molar-refractivity contribution is -0.151. The Morgan fingerprint density at radius 1 is 0.630 bits per heavy atom. The van der Waals surface area contributed by atoms with E-state index in [1.54, 1.807) is 0 Å². The van der Waals surface area contributed by atoms with Crippen LogP contribution >= 0.6 is 0 Å². The zero-order valence-corrected chi connectivity index (χ0v) is 18.5. The van der Waals surface area contributed by atoms with Crippen LogP contribution in [0.25, 0.3) is 0 Å². The summed E-state index contributed by atoms with van der Waals surface area (Å²) in [4.78, 5) is 11.3. The average molecular weight is 385 g/mol. The minimum atomic E-state index is -0.791. The average Bonchev–Trinajstić information content (AvgIpc) is 2.66. The molecule has 0 spiro atoms. The van der Waals surface area contributed by atoms with Crippen molar-refractivity contribution in [1.82, 2.24) is 0 Å². The number of hydrogen-bond donors (Lipinski definition) is 1. The molecular weight excluding hydrogens is 336 g/mol. The van der Waals surface area contributed by atoms with Crippen LogP contribution in [-0.2, 0) is 9.53 Å². The van der Waals surface area contributed by atoms with E-state index >= 15 is 0 Å². The molecular formula is C24H48O3. The number of rotatable bonds is 22. The van der Waals surface area contributed by atoms with Gasteiger partial charge in [-0.05, 0) is 12.8 Å². The molecule has 0 saturated carbocycles. The lowest BCUT2D eigenvalue weighted by Gasteiger charge is -2.13. The molecule has 0 radical (unpaired) electrons. The number of carboxylic acid groups (broad SMARTS) is 1. The Hall–Kier alpha value is -0.570. The van der Waals surface area contributed by atoms with E-state index in [4.69, 9.17) is 4.74 Å². The summed E-state index contributed by atoms with van der Waals surface area (Å²) in [7, 11) is 0. The van der Waals surface area contributed by atoms with Crippen molar-refractivity contribution in [3.05, 3.63) is 0 Å². The second-order valence-corrected chi connectivity index (χ2v) is 8.14. The molecule has 0 bridgehead atoms. The quantitative estimate of drug-likeness (QED) is 0.193. The van der Waals surface area contributed by atoms with Gasteiger partial charge in [0.15, 0.2) is 6.10 Å². The Kier molecular flexibility index (Phi) is 21.3. The molecule has 1 N–H and O–H groups in total. The maximum atomic E-state index is 11.3. The molecule has 0 aliphatic rings. The maximum absolute atomic E-state index is 11.3. The van der Waals surface area contributed by atoms with E-state index in [-0.39, 0.29) is 0 Å². The molecule has 0 amide bonds. The molecule has 0 aromatic heterocycles. The van der Waals surface area contributed by atoms with E-state index < -0.39 is 12.1 Å². The molecule has 0 saturated heterocycles. The minimum Gasteiger partial charge on any atom is -0.479 e. The maximum Gasteiger partial charge on any atom is 0.332 e. The molecule has 1 unspecified atom stereocenters. The summed E-state index contributed by atoms with van der Waals surface area (Å²) in [6.07, 6.45) is 23.2. The standard InChI is InChI=1S/C24H48O3/c1-3-5-7-9-10-11-12-13-14-15-16-17-18-19-21-23(24(25)26)27-22-20-8-6-4-2/h23H,3-22H2,1-2H3,(H,25,26). The van der Waals surface area contributed by atoms with E-state index in [1.165, 1.54) is 89.9 Å². The third-order valence-corrected chi connectivity index (χ3v) is 5.41. The third kappa shape index (κ3) is 20.0. The molecule has 0 aromatic rings. The summed E-state index contributed by atoms with van der Waals surface area (Å²) in [6, 6.07) is 0. The first-order valence-corrected chi connectivity index (χ1v) is 12.1. The summed E-state index contributed by atoms with van der Waals surface area (Å²) in [5.41, 5.74) is 0. The predicted molar refractivity (Wildman–Crippen MR) is 116 cm³/mol. The van der Waals surface area contributed by atoms with Gasteiger partial charge in [-0.2, -0.15) is 0 Å². The number of ether oxygens (including phenoxy) is 1. The Morgan fingerprint density at radius 3 is 1.41 bits per heavy atom.